The van der Waals surface area contributed by atoms with Gasteiger partial charge in [-0.3, -0.25) is 9.13 Å². The fourth-order valence-corrected chi connectivity index (χ4v) is 14.7. The fourth-order valence-electron chi connectivity index (χ4n) is 2.95. The highest BCUT2D eigenvalue weighted by Crippen LogP contribution is 2.72. The highest BCUT2D eigenvalue weighted by molar-refractivity contribution is 8.63. The molecule has 0 saturated heterocycles. The first-order valence-corrected chi connectivity index (χ1v) is 14.7. The Morgan fingerprint density at radius 1 is 1.14 bits per heavy atom. The van der Waals surface area contributed by atoms with E-state index >= 15 is 0 Å². The van der Waals surface area contributed by atoms with Crippen molar-refractivity contribution in [2.24, 2.45) is 11.8 Å². The van der Waals surface area contributed by atoms with Crippen LogP contribution in [0.3, 0.4) is 0 Å². The summed E-state index contributed by atoms with van der Waals surface area (Å²) in [5.74, 6) is 1.89. The Morgan fingerprint density at radius 3 is 2.27 bits per heavy atom. The van der Waals surface area contributed by atoms with Crippen molar-refractivity contribution in [3.05, 3.63) is 0 Å². The van der Waals surface area contributed by atoms with Gasteiger partial charge in [-0.05, 0) is 23.3 Å². The molecular formula is C13H27BO4P2S2. The lowest BCUT2D eigenvalue weighted by atomic mass is 9.85. The van der Waals surface area contributed by atoms with Crippen molar-refractivity contribution in [2.75, 3.05) is 24.0 Å². The normalized spacial score (nSPS) is 30.8. The van der Waals surface area contributed by atoms with Crippen molar-refractivity contribution in [2.45, 2.75) is 45.9 Å². The topological polar surface area (TPSA) is 63.6 Å². The molecule has 9 heteroatoms. The lowest BCUT2D eigenvalue weighted by Crippen LogP contribution is -2.13. The quantitative estimate of drug-likeness (QED) is 0.411. The summed E-state index contributed by atoms with van der Waals surface area (Å²) < 4.78 is 30.7. The summed E-state index contributed by atoms with van der Waals surface area (Å²) >= 11 is 2.16. The Balaban J connectivity index is 2.67. The highest BCUT2D eigenvalue weighted by Gasteiger charge is 2.37. The van der Waals surface area contributed by atoms with E-state index in [9.17, 15) is 14.0 Å². The molecule has 0 aromatic carbocycles. The molecule has 1 aliphatic carbocycles. The fraction of sp³-hybridized carbons (Fsp3) is 1.00. The van der Waals surface area contributed by atoms with E-state index < -0.39 is 13.1 Å². The van der Waals surface area contributed by atoms with Crippen molar-refractivity contribution < 1.29 is 18.5 Å². The Kier molecular flexibility index (Phi) is 9.23. The van der Waals surface area contributed by atoms with Gasteiger partial charge in [0.25, 0.3) is 13.1 Å². The second-order valence-electron chi connectivity index (χ2n) is 5.68. The van der Waals surface area contributed by atoms with E-state index in [2.05, 4.69) is 6.92 Å². The third-order valence-electron chi connectivity index (χ3n) is 3.90. The van der Waals surface area contributed by atoms with Crippen LogP contribution in [-0.2, 0) is 13.7 Å². The van der Waals surface area contributed by atoms with Crippen molar-refractivity contribution in [3.63, 3.8) is 0 Å². The van der Waals surface area contributed by atoms with Crippen LogP contribution in [0.2, 0.25) is 5.82 Å². The summed E-state index contributed by atoms with van der Waals surface area (Å²) in [5, 5.41) is 0. The molecule has 4 nitrogen and oxygen atoms in total. The molecule has 1 aliphatic rings. The molecule has 1 N–H and O–H groups in total. The van der Waals surface area contributed by atoms with Crippen molar-refractivity contribution in [1.82, 2.24) is 0 Å². The van der Waals surface area contributed by atoms with E-state index in [1.54, 1.807) is 0 Å². The smallest absolute Gasteiger partial charge is 0.268 e. The van der Waals surface area contributed by atoms with E-state index in [0.29, 0.717) is 29.9 Å². The summed E-state index contributed by atoms with van der Waals surface area (Å²) in [6.45, 7) is -0.374. The number of hydrogen-bond acceptors (Lipinski definition) is 5. The minimum absolute atomic E-state index is 0.191. The van der Waals surface area contributed by atoms with Gasteiger partial charge in [-0.2, -0.15) is 0 Å². The molecule has 1 rings (SSSR count). The van der Waals surface area contributed by atoms with Gasteiger partial charge >= 0.3 is 0 Å². The van der Waals surface area contributed by atoms with Gasteiger partial charge in [-0.15, -0.1) is 0 Å². The van der Waals surface area contributed by atoms with Crippen LogP contribution in [0.25, 0.3) is 0 Å². The summed E-state index contributed by atoms with van der Waals surface area (Å²) in [6, 6.07) is 0. The molecule has 5 unspecified atom stereocenters. The van der Waals surface area contributed by atoms with Crippen LogP contribution in [0.15, 0.2) is 0 Å². The van der Waals surface area contributed by atoms with E-state index in [4.69, 9.17) is 12.4 Å². The Hall–Kier alpha value is 1.14. The summed E-state index contributed by atoms with van der Waals surface area (Å²) in [4.78, 5) is 9.94. The van der Waals surface area contributed by atoms with Crippen molar-refractivity contribution in [1.29, 1.82) is 0 Å². The average Bonchev–Trinajstić information content (AvgIpc) is 2.76. The monoisotopic (exact) mass is 384 g/mol. The summed E-state index contributed by atoms with van der Waals surface area (Å²) in [6.07, 6.45) is 2.91. The SMILES string of the molecule is [B]C1CC(CC)C(COP(=O)(CP(=O)(O)SCC)SCC)C1. The number of rotatable bonds is 10. The van der Waals surface area contributed by atoms with Crippen LogP contribution >= 0.6 is 35.9 Å². The zero-order valence-electron chi connectivity index (χ0n) is 13.6. The predicted molar refractivity (Wildman–Crippen MR) is 101 cm³/mol. The maximum absolute atomic E-state index is 12.9. The Morgan fingerprint density at radius 2 is 1.73 bits per heavy atom. The largest absolute Gasteiger partial charge is 0.336 e. The van der Waals surface area contributed by atoms with Gasteiger partial charge < -0.3 is 9.42 Å². The molecular weight excluding hydrogens is 357 g/mol. The first-order valence-electron chi connectivity index (χ1n) is 7.85. The Bertz CT molecular complexity index is 438. The molecule has 5 atom stereocenters. The van der Waals surface area contributed by atoms with Gasteiger partial charge in [0, 0.05) is 0 Å². The van der Waals surface area contributed by atoms with Crippen molar-refractivity contribution >= 4 is 43.8 Å². The van der Waals surface area contributed by atoms with Crippen LogP contribution in [0, 0.1) is 11.8 Å². The molecule has 0 bridgehead atoms. The summed E-state index contributed by atoms with van der Waals surface area (Å²) in [5.41, 5.74) is 0. The maximum Gasteiger partial charge on any atom is 0.268 e. The van der Waals surface area contributed by atoms with Crippen LogP contribution in [-0.4, -0.2) is 36.8 Å². The third-order valence-corrected chi connectivity index (χ3v) is 14.9. The molecule has 128 valence electrons. The third kappa shape index (κ3) is 6.95. The second-order valence-corrected chi connectivity index (χ2v) is 16.2. The standard InChI is InChI=1S/C13H27BO4P2S2/c1-4-11-7-13(14)8-12(11)9-18-20(17,22-6-3)10-19(15,16)21-5-2/h11-13H,4-10H2,1-3H3,(H,15,16). The first-order chi connectivity index (χ1) is 10.2. The minimum atomic E-state index is -3.46. The molecule has 22 heavy (non-hydrogen) atoms. The molecule has 1 fully saturated rings. The van der Waals surface area contributed by atoms with E-state index in [0.717, 1.165) is 30.6 Å². The zero-order valence-corrected chi connectivity index (χ0v) is 17.1. The van der Waals surface area contributed by atoms with Crippen LogP contribution < -0.4 is 0 Å². The van der Waals surface area contributed by atoms with Gasteiger partial charge in [0.15, 0.2) is 0 Å². The lowest BCUT2D eigenvalue weighted by molar-refractivity contribution is 0.219. The van der Waals surface area contributed by atoms with E-state index in [-0.39, 0.29) is 11.7 Å². The van der Waals surface area contributed by atoms with Gasteiger partial charge in [0.2, 0.25) is 0 Å². The lowest BCUT2D eigenvalue weighted by Gasteiger charge is -2.24. The molecule has 0 amide bonds. The van der Waals surface area contributed by atoms with Gasteiger partial charge in [-0.25, -0.2) is 0 Å². The predicted octanol–water partition coefficient (Wildman–Crippen LogP) is 5.24. The van der Waals surface area contributed by atoms with Crippen LogP contribution in [0.5, 0.6) is 0 Å². The number of hydrogen-bond donors (Lipinski definition) is 1. The van der Waals surface area contributed by atoms with Gasteiger partial charge in [0.05, 0.1) is 14.5 Å². The summed E-state index contributed by atoms with van der Waals surface area (Å²) in [7, 11) is 6.01. The van der Waals surface area contributed by atoms with Crippen LogP contribution in [0.4, 0.5) is 0 Å². The molecule has 0 aliphatic heterocycles. The van der Waals surface area contributed by atoms with E-state index in [1.807, 2.05) is 13.8 Å². The first kappa shape index (κ1) is 21.2. The molecule has 0 aromatic heterocycles. The van der Waals surface area contributed by atoms with Gasteiger partial charge in [0.1, 0.15) is 5.90 Å². The van der Waals surface area contributed by atoms with E-state index in [1.165, 1.54) is 11.4 Å². The zero-order chi connectivity index (χ0) is 16.8. The van der Waals surface area contributed by atoms with Crippen LogP contribution in [0.1, 0.15) is 40.0 Å². The van der Waals surface area contributed by atoms with Gasteiger partial charge in [-0.1, -0.05) is 68.6 Å². The second kappa shape index (κ2) is 9.58. The molecule has 0 spiro atoms. The molecule has 0 aromatic rings. The molecule has 0 heterocycles. The average molecular weight is 384 g/mol. The minimum Gasteiger partial charge on any atom is -0.336 e. The molecule has 1 saturated carbocycles. The maximum atomic E-state index is 12.9. The Labute approximate surface area is 144 Å². The van der Waals surface area contributed by atoms with Crippen molar-refractivity contribution in [3.8, 4) is 0 Å². The molecule has 2 radical (unpaired) electrons. The highest BCUT2D eigenvalue weighted by atomic mass is 32.7.